The summed E-state index contributed by atoms with van der Waals surface area (Å²) in [6.07, 6.45) is 10.5. The van der Waals surface area contributed by atoms with Crippen LogP contribution in [-0.4, -0.2) is 45.1 Å². The van der Waals surface area contributed by atoms with Gasteiger partial charge in [0.05, 0.1) is 6.04 Å². The van der Waals surface area contributed by atoms with Crippen LogP contribution in [-0.2, 0) is 16.1 Å². The van der Waals surface area contributed by atoms with Crippen LogP contribution in [0.25, 0.3) is 6.08 Å². The minimum absolute atomic E-state index is 0.00667. The summed E-state index contributed by atoms with van der Waals surface area (Å²) in [5.74, 6) is -0.714. The molecule has 4 aliphatic rings. The lowest BCUT2D eigenvalue weighted by atomic mass is 9.84. The van der Waals surface area contributed by atoms with Gasteiger partial charge in [-0.05, 0) is 44.7 Å². The number of carbonyl (C=O) groups is 2. The first-order valence-electron chi connectivity index (χ1n) is 12.1. The van der Waals surface area contributed by atoms with Crippen molar-refractivity contribution in [1.29, 1.82) is 0 Å². The highest BCUT2D eigenvalue weighted by Crippen LogP contribution is 2.50. The van der Waals surface area contributed by atoms with Crippen LogP contribution < -0.4 is 10.9 Å². The second kappa shape index (κ2) is 8.50. The van der Waals surface area contributed by atoms with Crippen molar-refractivity contribution in [2.24, 2.45) is 17.8 Å². The van der Waals surface area contributed by atoms with E-state index in [4.69, 9.17) is 0 Å². The highest BCUT2D eigenvalue weighted by Gasteiger charge is 2.58. The summed E-state index contributed by atoms with van der Waals surface area (Å²) < 4.78 is 1.75. The molecule has 2 N–H and O–H groups in total. The first-order valence-corrected chi connectivity index (χ1v) is 12.1. The number of hydrogen-bond donors (Lipinski definition) is 2. The third kappa shape index (κ3) is 3.33. The maximum atomic E-state index is 13.6. The Morgan fingerprint density at radius 1 is 1.16 bits per heavy atom. The van der Waals surface area contributed by atoms with E-state index in [1.54, 1.807) is 15.5 Å². The van der Waals surface area contributed by atoms with E-state index in [0.29, 0.717) is 12.1 Å². The summed E-state index contributed by atoms with van der Waals surface area (Å²) in [5, 5.41) is 13.5. The van der Waals surface area contributed by atoms with E-state index in [9.17, 15) is 19.5 Å². The molecule has 5 rings (SSSR count). The molecular weight excluding hydrogens is 406 g/mol. The largest absolute Gasteiger partial charge is 0.396 e. The van der Waals surface area contributed by atoms with Gasteiger partial charge in [0, 0.05) is 48.2 Å². The molecule has 4 atom stereocenters. The van der Waals surface area contributed by atoms with Gasteiger partial charge in [-0.3, -0.25) is 14.4 Å². The summed E-state index contributed by atoms with van der Waals surface area (Å²) in [7, 11) is 0. The van der Waals surface area contributed by atoms with E-state index in [1.165, 1.54) is 0 Å². The number of allylic oxidation sites excluding steroid dienone is 1. The molecule has 0 spiro atoms. The van der Waals surface area contributed by atoms with Crippen molar-refractivity contribution < 1.29 is 14.7 Å². The minimum Gasteiger partial charge on any atom is -0.396 e. The normalized spacial score (nSPS) is 29.9. The van der Waals surface area contributed by atoms with Gasteiger partial charge in [0.15, 0.2) is 0 Å². The van der Waals surface area contributed by atoms with Gasteiger partial charge in [0.25, 0.3) is 5.56 Å². The Morgan fingerprint density at radius 2 is 1.91 bits per heavy atom. The molecule has 1 aromatic heterocycles. The van der Waals surface area contributed by atoms with E-state index in [0.717, 1.165) is 50.6 Å². The van der Waals surface area contributed by atoms with Crippen LogP contribution in [0.3, 0.4) is 0 Å². The van der Waals surface area contributed by atoms with Gasteiger partial charge < -0.3 is 19.9 Å². The number of pyridine rings is 1. The molecule has 0 aromatic carbocycles. The second-order valence-corrected chi connectivity index (χ2v) is 9.89. The van der Waals surface area contributed by atoms with Crippen LogP contribution in [0.1, 0.15) is 69.2 Å². The predicted molar refractivity (Wildman–Crippen MR) is 121 cm³/mol. The second-order valence-electron chi connectivity index (χ2n) is 9.89. The van der Waals surface area contributed by atoms with Crippen molar-refractivity contribution in [2.45, 2.75) is 76.5 Å². The summed E-state index contributed by atoms with van der Waals surface area (Å²) in [6.45, 7) is 2.13. The van der Waals surface area contributed by atoms with Gasteiger partial charge in [-0.2, -0.15) is 0 Å². The van der Waals surface area contributed by atoms with Crippen molar-refractivity contribution in [3.8, 4) is 0 Å². The van der Waals surface area contributed by atoms with Crippen molar-refractivity contribution in [3.05, 3.63) is 39.8 Å². The zero-order valence-corrected chi connectivity index (χ0v) is 18.7. The van der Waals surface area contributed by atoms with Crippen LogP contribution in [0.2, 0.25) is 0 Å². The smallest absolute Gasteiger partial charge is 0.258 e. The summed E-state index contributed by atoms with van der Waals surface area (Å²) in [6, 6.07) is 2.87. The summed E-state index contributed by atoms with van der Waals surface area (Å²) in [5.41, 5.74) is 1.33. The number of carbonyl (C=O) groups excluding carboxylic acids is 2. The number of aliphatic hydroxyl groups is 1. The molecule has 32 heavy (non-hydrogen) atoms. The lowest BCUT2D eigenvalue weighted by Gasteiger charge is -2.36. The lowest BCUT2D eigenvalue weighted by Crippen LogP contribution is -2.54. The number of likely N-dealkylation sites (tertiary alicyclic amines) is 1. The van der Waals surface area contributed by atoms with Crippen molar-refractivity contribution >= 4 is 17.9 Å². The molecule has 0 bridgehead atoms. The van der Waals surface area contributed by atoms with Gasteiger partial charge in [-0.1, -0.05) is 31.4 Å². The number of fused-ring (bicyclic) bond motifs is 3. The van der Waals surface area contributed by atoms with Crippen LogP contribution in [0.5, 0.6) is 0 Å². The average Bonchev–Trinajstić information content (AvgIpc) is 3.43. The van der Waals surface area contributed by atoms with E-state index in [1.807, 2.05) is 25.1 Å². The lowest BCUT2D eigenvalue weighted by molar-refractivity contribution is -0.147. The first kappa shape index (κ1) is 21.4. The SMILES string of the molecule is C/C=C/c1ccc2n(c1=O)C[C@H]1[C@H](CO)[C@@H](C(=O)NC3CCCC3)N(C(=O)C3CCC3)[C@@H]21. The molecular formula is C25H33N3O4. The van der Waals surface area contributed by atoms with E-state index in [-0.39, 0.29) is 53.8 Å². The predicted octanol–water partition coefficient (Wildman–Crippen LogP) is 2.23. The van der Waals surface area contributed by atoms with Gasteiger partial charge in [-0.25, -0.2) is 0 Å². The molecule has 0 unspecified atom stereocenters. The number of aromatic nitrogens is 1. The third-order valence-corrected chi connectivity index (χ3v) is 8.13. The van der Waals surface area contributed by atoms with Gasteiger partial charge in [-0.15, -0.1) is 0 Å². The standard InChI is InChI=1S/C25H33N3O4/c1-2-6-15-11-12-20-21-18(13-27(20)24(15)31)19(14-29)22(23(30)26-17-9-3-4-10-17)28(21)25(32)16-7-5-8-16/h2,6,11-12,16-19,21-22,29H,3-5,7-10,13-14H2,1H3,(H,26,30)/b6-2+/t18-,19-,21+,22-/m0/s1. The molecule has 1 saturated heterocycles. The fraction of sp³-hybridized carbons (Fsp3) is 0.640. The zero-order valence-electron chi connectivity index (χ0n) is 18.7. The number of hydrogen-bond acceptors (Lipinski definition) is 4. The van der Waals surface area contributed by atoms with Crippen LogP contribution in [0.4, 0.5) is 0 Å². The molecule has 2 aliphatic heterocycles. The Hall–Kier alpha value is -2.41. The van der Waals surface area contributed by atoms with Gasteiger partial charge >= 0.3 is 0 Å². The first-order chi connectivity index (χ1) is 15.5. The maximum absolute atomic E-state index is 13.6. The molecule has 1 aromatic rings. The third-order valence-electron chi connectivity index (χ3n) is 8.13. The highest BCUT2D eigenvalue weighted by atomic mass is 16.3. The fourth-order valence-corrected chi connectivity index (χ4v) is 6.28. The average molecular weight is 440 g/mol. The summed E-state index contributed by atoms with van der Waals surface area (Å²) >= 11 is 0. The van der Waals surface area contributed by atoms with Crippen molar-refractivity contribution in [3.63, 3.8) is 0 Å². The molecule has 2 saturated carbocycles. The van der Waals surface area contributed by atoms with Crippen LogP contribution in [0.15, 0.2) is 23.0 Å². The molecule has 3 fully saturated rings. The van der Waals surface area contributed by atoms with Crippen molar-refractivity contribution in [1.82, 2.24) is 14.8 Å². The molecule has 2 amide bonds. The van der Waals surface area contributed by atoms with E-state index >= 15 is 0 Å². The quantitative estimate of drug-likeness (QED) is 0.736. The Bertz CT molecular complexity index is 989. The molecule has 172 valence electrons. The van der Waals surface area contributed by atoms with Gasteiger partial charge in [0.2, 0.25) is 11.8 Å². The van der Waals surface area contributed by atoms with Crippen LogP contribution >= 0.6 is 0 Å². The zero-order chi connectivity index (χ0) is 22.4. The number of aliphatic hydroxyl groups excluding tert-OH is 1. The Labute approximate surface area is 188 Å². The number of rotatable bonds is 5. The maximum Gasteiger partial charge on any atom is 0.258 e. The topological polar surface area (TPSA) is 91.6 Å². The number of nitrogens with zero attached hydrogens (tertiary/aromatic N) is 2. The number of nitrogens with one attached hydrogen (secondary N) is 1. The van der Waals surface area contributed by atoms with Gasteiger partial charge in [0.1, 0.15) is 6.04 Å². The molecule has 2 aliphatic carbocycles. The molecule has 7 heteroatoms. The van der Waals surface area contributed by atoms with Crippen molar-refractivity contribution in [2.75, 3.05) is 6.61 Å². The van der Waals surface area contributed by atoms with Crippen LogP contribution in [0, 0.1) is 17.8 Å². The molecule has 3 heterocycles. The molecule has 0 radical (unpaired) electrons. The Kier molecular flexibility index (Phi) is 5.70. The monoisotopic (exact) mass is 439 g/mol. The fourth-order valence-electron chi connectivity index (χ4n) is 6.28. The van der Waals surface area contributed by atoms with E-state index in [2.05, 4.69) is 5.32 Å². The highest BCUT2D eigenvalue weighted by molar-refractivity contribution is 5.90. The summed E-state index contributed by atoms with van der Waals surface area (Å²) in [4.78, 5) is 41.9. The molecule has 7 nitrogen and oxygen atoms in total. The number of amides is 2. The minimum atomic E-state index is -0.678. The van der Waals surface area contributed by atoms with E-state index < -0.39 is 6.04 Å². The Morgan fingerprint density at radius 3 is 2.53 bits per heavy atom. The Balaban J connectivity index is 1.54.